The van der Waals surface area contributed by atoms with Gasteiger partial charge in [0.25, 0.3) is 0 Å². The first-order valence-electron chi connectivity index (χ1n) is 6.42. The summed E-state index contributed by atoms with van der Waals surface area (Å²) >= 11 is 0. The zero-order valence-corrected chi connectivity index (χ0v) is 10.9. The van der Waals surface area contributed by atoms with Gasteiger partial charge in [-0.2, -0.15) is 0 Å². The zero-order chi connectivity index (χ0) is 13.3. The summed E-state index contributed by atoms with van der Waals surface area (Å²) in [5.41, 5.74) is 5.22. The second kappa shape index (κ2) is 4.86. The molecule has 1 aliphatic carbocycles. The molecule has 0 radical (unpaired) electrons. The Bertz CT molecular complexity index is 531. The molecule has 0 unspecified atom stereocenters. The first-order chi connectivity index (χ1) is 8.58. The summed E-state index contributed by atoms with van der Waals surface area (Å²) in [6.45, 7) is 4.03. The standard InChI is InChI=1S/C16H18O2/c1-4-12-13(5-2)15(11-6-7-11)8-10(3)14(12)9-16(17)18/h2,8,11H,4,6-7,9H2,1,3H3,(H,17,18). The number of carbonyl (C=O) groups is 1. The second-order valence-corrected chi connectivity index (χ2v) is 4.96. The highest BCUT2D eigenvalue weighted by molar-refractivity contribution is 5.72. The van der Waals surface area contributed by atoms with E-state index < -0.39 is 5.97 Å². The van der Waals surface area contributed by atoms with Gasteiger partial charge in [-0.15, -0.1) is 6.42 Å². The molecule has 0 atom stereocenters. The molecule has 0 aliphatic heterocycles. The SMILES string of the molecule is C#Cc1c(C2CC2)cc(C)c(CC(=O)O)c1CC. The molecule has 0 aromatic heterocycles. The largest absolute Gasteiger partial charge is 0.481 e. The third-order valence-electron chi connectivity index (χ3n) is 3.65. The molecule has 1 aromatic carbocycles. The number of hydrogen-bond acceptors (Lipinski definition) is 1. The monoisotopic (exact) mass is 242 g/mol. The molecular formula is C16H18O2. The van der Waals surface area contributed by atoms with Crippen LogP contribution in [-0.4, -0.2) is 11.1 Å². The molecule has 1 aliphatic rings. The molecule has 0 bridgehead atoms. The number of rotatable bonds is 4. The molecule has 94 valence electrons. The van der Waals surface area contributed by atoms with Gasteiger partial charge < -0.3 is 5.11 Å². The van der Waals surface area contributed by atoms with Gasteiger partial charge in [-0.25, -0.2) is 0 Å². The third kappa shape index (κ3) is 2.26. The number of carboxylic acids is 1. The molecule has 0 amide bonds. The maximum Gasteiger partial charge on any atom is 0.307 e. The number of aryl methyl sites for hydroxylation is 1. The quantitative estimate of drug-likeness (QED) is 0.824. The fourth-order valence-corrected chi connectivity index (χ4v) is 2.63. The molecule has 18 heavy (non-hydrogen) atoms. The average molecular weight is 242 g/mol. The maximum atomic E-state index is 11.0. The van der Waals surface area contributed by atoms with E-state index in [-0.39, 0.29) is 6.42 Å². The Morgan fingerprint density at radius 1 is 1.50 bits per heavy atom. The van der Waals surface area contributed by atoms with Crippen molar-refractivity contribution in [2.45, 2.75) is 45.4 Å². The molecule has 2 heteroatoms. The van der Waals surface area contributed by atoms with E-state index in [0.717, 1.165) is 28.7 Å². The van der Waals surface area contributed by atoms with Gasteiger partial charge in [-0.3, -0.25) is 4.79 Å². The second-order valence-electron chi connectivity index (χ2n) is 4.96. The highest BCUT2D eigenvalue weighted by Gasteiger charge is 2.28. The van der Waals surface area contributed by atoms with Crippen LogP contribution in [0.25, 0.3) is 0 Å². The Morgan fingerprint density at radius 2 is 2.17 bits per heavy atom. The Hall–Kier alpha value is -1.75. The summed E-state index contributed by atoms with van der Waals surface area (Å²) in [6, 6.07) is 2.10. The van der Waals surface area contributed by atoms with E-state index in [2.05, 4.69) is 12.0 Å². The van der Waals surface area contributed by atoms with Gasteiger partial charge in [0.15, 0.2) is 0 Å². The Kier molecular flexibility index (Phi) is 3.43. The van der Waals surface area contributed by atoms with Crippen molar-refractivity contribution in [3.8, 4) is 12.3 Å². The number of carboxylic acid groups (broad SMARTS) is 1. The van der Waals surface area contributed by atoms with Crippen LogP contribution in [0.4, 0.5) is 0 Å². The minimum Gasteiger partial charge on any atom is -0.481 e. The van der Waals surface area contributed by atoms with E-state index in [0.29, 0.717) is 5.92 Å². The Labute approximate surface area is 108 Å². The van der Waals surface area contributed by atoms with Crippen molar-refractivity contribution in [3.05, 3.63) is 33.9 Å². The fraction of sp³-hybridized carbons (Fsp3) is 0.438. The lowest BCUT2D eigenvalue weighted by Crippen LogP contribution is -2.09. The van der Waals surface area contributed by atoms with Crippen molar-refractivity contribution in [1.82, 2.24) is 0 Å². The molecule has 1 saturated carbocycles. The lowest BCUT2D eigenvalue weighted by Gasteiger charge is -2.16. The summed E-state index contributed by atoms with van der Waals surface area (Å²) < 4.78 is 0. The molecular weight excluding hydrogens is 224 g/mol. The van der Waals surface area contributed by atoms with Gasteiger partial charge >= 0.3 is 5.97 Å². The number of terminal acetylenes is 1. The minimum atomic E-state index is -0.796. The van der Waals surface area contributed by atoms with Gasteiger partial charge in [0.05, 0.1) is 6.42 Å². The number of hydrogen-bond donors (Lipinski definition) is 1. The molecule has 0 heterocycles. The van der Waals surface area contributed by atoms with Crippen molar-refractivity contribution in [2.24, 2.45) is 0 Å². The first-order valence-corrected chi connectivity index (χ1v) is 6.42. The lowest BCUT2D eigenvalue weighted by atomic mass is 9.87. The van der Waals surface area contributed by atoms with Crippen LogP contribution in [0.5, 0.6) is 0 Å². The van der Waals surface area contributed by atoms with Crippen LogP contribution < -0.4 is 0 Å². The molecule has 1 fully saturated rings. The number of aliphatic carboxylic acids is 1. The summed E-state index contributed by atoms with van der Waals surface area (Å²) in [5.74, 6) is 2.58. The van der Waals surface area contributed by atoms with Crippen molar-refractivity contribution >= 4 is 5.97 Å². The summed E-state index contributed by atoms with van der Waals surface area (Å²) in [7, 11) is 0. The van der Waals surface area contributed by atoms with Crippen molar-refractivity contribution in [3.63, 3.8) is 0 Å². The molecule has 2 rings (SSSR count). The predicted molar refractivity (Wildman–Crippen MR) is 71.8 cm³/mol. The van der Waals surface area contributed by atoms with Crippen molar-refractivity contribution in [1.29, 1.82) is 0 Å². The van der Waals surface area contributed by atoms with E-state index in [1.807, 2.05) is 13.8 Å². The Balaban J connectivity index is 2.60. The van der Waals surface area contributed by atoms with E-state index >= 15 is 0 Å². The third-order valence-corrected chi connectivity index (χ3v) is 3.65. The van der Waals surface area contributed by atoms with Crippen LogP contribution in [0.3, 0.4) is 0 Å². The van der Waals surface area contributed by atoms with E-state index in [9.17, 15) is 4.79 Å². The lowest BCUT2D eigenvalue weighted by molar-refractivity contribution is -0.136. The van der Waals surface area contributed by atoms with E-state index in [1.54, 1.807) is 0 Å². The van der Waals surface area contributed by atoms with Crippen molar-refractivity contribution in [2.75, 3.05) is 0 Å². The van der Waals surface area contributed by atoms with E-state index in [1.165, 1.54) is 18.4 Å². The fourth-order valence-electron chi connectivity index (χ4n) is 2.63. The van der Waals surface area contributed by atoms with Gasteiger partial charge in [-0.1, -0.05) is 18.9 Å². The van der Waals surface area contributed by atoms with Crippen molar-refractivity contribution < 1.29 is 9.90 Å². The highest BCUT2D eigenvalue weighted by atomic mass is 16.4. The van der Waals surface area contributed by atoms with Gasteiger partial charge in [0, 0.05) is 5.56 Å². The smallest absolute Gasteiger partial charge is 0.307 e. The molecule has 2 nitrogen and oxygen atoms in total. The zero-order valence-electron chi connectivity index (χ0n) is 10.9. The normalized spacial score (nSPS) is 14.3. The minimum absolute atomic E-state index is 0.0641. The van der Waals surface area contributed by atoms with E-state index in [4.69, 9.17) is 11.5 Å². The van der Waals surface area contributed by atoms with Crippen LogP contribution >= 0.6 is 0 Å². The average Bonchev–Trinajstić information content (AvgIpc) is 3.14. The van der Waals surface area contributed by atoms with Crippen LogP contribution in [0.15, 0.2) is 6.07 Å². The first kappa shape index (κ1) is 12.7. The molecule has 0 spiro atoms. The van der Waals surface area contributed by atoms with Crippen LogP contribution in [0.2, 0.25) is 0 Å². The Morgan fingerprint density at radius 3 is 2.61 bits per heavy atom. The molecule has 0 saturated heterocycles. The molecule has 1 N–H and O–H groups in total. The number of benzene rings is 1. The highest BCUT2D eigenvalue weighted by Crippen LogP contribution is 2.43. The van der Waals surface area contributed by atoms with Crippen LogP contribution in [-0.2, 0) is 17.6 Å². The maximum absolute atomic E-state index is 11.0. The van der Waals surface area contributed by atoms with Gasteiger partial charge in [0.2, 0.25) is 0 Å². The summed E-state index contributed by atoms with van der Waals surface area (Å²) in [6.07, 6.45) is 8.91. The summed E-state index contributed by atoms with van der Waals surface area (Å²) in [5, 5.41) is 9.01. The van der Waals surface area contributed by atoms with Crippen LogP contribution in [0.1, 0.15) is 53.5 Å². The van der Waals surface area contributed by atoms with Gasteiger partial charge in [-0.05, 0) is 54.4 Å². The summed E-state index contributed by atoms with van der Waals surface area (Å²) in [4.78, 5) is 11.0. The van der Waals surface area contributed by atoms with Crippen LogP contribution in [0, 0.1) is 19.3 Å². The van der Waals surface area contributed by atoms with Gasteiger partial charge in [0.1, 0.15) is 0 Å². The topological polar surface area (TPSA) is 37.3 Å². The molecule has 1 aromatic rings. The predicted octanol–water partition coefficient (Wildman–Crippen LogP) is 3.04.